The fourth-order valence-electron chi connectivity index (χ4n) is 2.56. The number of non-ortho nitro benzene ring substituents is 1. The third-order valence-corrected chi connectivity index (χ3v) is 4.00. The molecule has 6 heteroatoms. The first-order valence-corrected chi connectivity index (χ1v) is 8.31. The van der Waals surface area contributed by atoms with Gasteiger partial charge in [-0.25, -0.2) is 0 Å². The molecular formula is C20H22N2O4. The molecule has 0 aliphatic carbocycles. The Kier molecular flexibility index (Phi) is 6.91. The molecule has 0 aliphatic heterocycles. The van der Waals surface area contributed by atoms with Gasteiger partial charge in [-0.1, -0.05) is 18.2 Å². The van der Waals surface area contributed by atoms with Gasteiger partial charge in [-0.2, -0.15) is 0 Å². The number of nitrogens with one attached hydrogen (secondary N) is 1. The Morgan fingerprint density at radius 1 is 1.23 bits per heavy atom. The van der Waals surface area contributed by atoms with Crippen LogP contribution < -0.4 is 10.1 Å². The number of ketones is 1. The Labute approximate surface area is 152 Å². The molecule has 0 fully saturated rings. The van der Waals surface area contributed by atoms with Crippen LogP contribution in [0.4, 0.5) is 11.4 Å². The van der Waals surface area contributed by atoms with Crippen molar-refractivity contribution in [2.75, 3.05) is 12.4 Å². The number of hydrogen-bond donors (Lipinski definition) is 1. The van der Waals surface area contributed by atoms with Crippen molar-refractivity contribution >= 4 is 17.2 Å². The predicted octanol–water partition coefficient (Wildman–Crippen LogP) is 4.68. The van der Waals surface area contributed by atoms with E-state index in [-0.39, 0.29) is 23.9 Å². The van der Waals surface area contributed by atoms with E-state index in [1.807, 2.05) is 24.3 Å². The van der Waals surface area contributed by atoms with Gasteiger partial charge in [0.05, 0.1) is 18.1 Å². The molecule has 6 nitrogen and oxygen atoms in total. The molecule has 0 bridgehead atoms. The summed E-state index contributed by atoms with van der Waals surface area (Å²) >= 11 is 0. The number of Topliss-reactive ketones (excluding diaryl/α,β-unsaturated/α-hetero) is 1. The van der Waals surface area contributed by atoms with Crippen molar-refractivity contribution in [3.63, 3.8) is 0 Å². The summed E-state index contributed by atoms with van der Waals surface area (Å²) in [6.45, 7) is 3.64. The molecule has 0 unspecified atom stereocenters. The average molecular weight is 354 g/mol. The van der Waals surface area contributed by atoms with Crippen molar-refractivity contribution in [1.82, 2.24) is 0 Å². The van der Waals surface area contributed by atoms with Crippen molar-refractivity contribution in [2.24, 2.45) is 0 Å². The van der Waals surface area contributed by atoms with Gasteiger partial charge >= 0.3 is 0 Å². The number of rotatable bonds is 10. The van der Waals surface area contributed by atoms with Crippen LogP contribution in [0, 0.1) is 10.1 Å². The first kappa shape index (κ1) is 19.2. The summed E-state index contributed by atoms with van der Waals surface area (Å²) in [5, 5.41) is 14.2. The number of carbonyl (C=O) groups is 1. The summed E-state index contributed by atoms with van der Waals surface area (Å²) in [7, 11) is 1.60. The Morgan fingerprint density at radius 2 is 1.88 bits per heavy atom. The number of hydrogen-bond acceptors (Lipinski definition) is 5. The van der Waals surface area contributed by atoms with Crippen molar-refractivity contribution < 1.29 is 14.5 Å². The zero-order valence-corrected chi connectivity index (χ0v) is 14.7. The summed E-state index contributed by atoms with van der Waals surface area (Å²) < 4.78 is 5.15. The topological polar surface area (TPSA) is 81.5 Å². The van der Waals surface area contributed by atoms with Crippen molar-refractivity contribution in [3.8, 4) is 5.75 Å². The van der Waals surface area contributed by atoms with Gasteiger partial charge in [0.15, 0.2) is 0 Å². The summed E-state index contributed by atoms with van der Waals surface area (Å²) in [4.78, 5) is 22.6. The third-order valence-electron chi connectivity index (χ3n) is 4.00. The summed E-state index contributed by atoms with van der Waals surface area (Å²) in [6.07, 6.45) is 3.07. The van der Waals surface area contributed by atoms with Crippen LogP contribution in [-0.2, 0) is 4.79 Å². The van der Waals surface area contributed by atoms with E-state index in [0.29, 0.717) is 12.8 Å². The van der Waals surface area contributed by atoms with E-state index in [4.69, 9.17) is 4.74 Å². The Bertz CT molecular complexity index is 754. The Morgan fingerprint density at radius 3 is 2.42 bits per heavy atom. The maximum absolute atomic E-state index is 12.2. The molecule has 0 saturated heterocycles. The van der Waals surface area contributed by atoms with Crippen molar-refractivity contribution in [3.05, 3.63) is 76.9 Å². The van der Waals surface area contributed by atoms with Gasteiger partial charge in [0.1, 0.15) is 11.5 Å². The lowest BCUT2D eigenvalue weighted by molar-refractivity contribution is -0.384. The lowest BCUT2D eigenvalue weighted by Crippen LogP contribution is -2.15. The van der Waals surface area contributed by atoms with Crippen molar-refractivity contribution in [2.45, 2.75) is 25.3 Å². The SMILES string of the molecule is C=CCCC(=O)C[C@H](Nc1ccc(OC)cc1)c1ccc([N+](=O)[O-])cc1. The summed E-state index contributed by atoms with van der Waals surface area (Å²) in [6, 6.07) is 13.4. The zero-order valence-electron chi connectivity index (χ0n) is 14.7. The molecule has 1 N–H and O–H groups in total. The molecule has 0 aliphatic rings. The molecular weight excluding hydrogens is 332 g/mol. The molecule has 0 radical (unpaired) electrons. The first-order valence-electron chi connectivity index (χ1n) is 8.31. The molecule has 136 valence electrons. The smallest absolute Gasteiger partial charge is 0.269 e. The number of nitrogens with zero attached hydrogens (tertiary/aromatic N) is 1. The molecule has 0 amide bonds. The number of nitro groups is 1. The fourth-order valence-corrected chi connectivity index (χ4v) is 2.56. The van der Waals surface area contributed by atoms with E-state index in [2.05, 4.69) is 11.9 Å². The van der Waals surface area contributed by atoms with Gasteiger partial charge in [0.25, 0.3) is 5.69 Å². The maximum Gasteiger partial charge on any atom is 0.269 e. The second kappa shape index (κ2) is 9.36. The van der Waals surface area contributed by atoms with E-state index < -0.39 is 4.92 Å². The van der Waals surface area contributed by atoms with Crippen LogP contribution in [0.1, 0.15) is 30.9 Å². The van der Waals surface area contributed by atoms with Gasteiger partial charge in [-0.05, 0) is 36.2 Å². The quantitative estimate of drug-likeness (QED) is 0.380. The monoisotopic (exact) mass is 354 g/mol. The number of allylic oxidation sites excluding steroid dienone is 1. The number of carbonyl (C=O) groups excluding carboxylic acids is 1. The van der Waals surface area contributed by atoms with Crippen LogP contribution in [0.2, 0.25) is 0 Å². The van der Waals surface area contributed by atoms with Crippen LogP contribution in [0.15, 0.2) is 61.2 Å². The highest BCUT2D eigenvalue weighted by Crippen LogP contribution is 2.26. The van der Waals surface area contributed by atoms with Gasteiger partial charge in [-0.15, -0.1) is 6.58 Å². The number of benzene rings is 2. The molecule has 0 spiro atoms. The van der Waals surface area contributed by atoms with Crippen LogP contribution >= 0.6 is 0 Å². The van der Waals surface area contributed by atoms with Gasteiger partial charge in [-0.3, -0.25) is 14.9 Å². The van der Waals surface area contributed by atoms with Crippen LogP contribution in [0.3, 0.4) is 0 Å². The van der Waals surface area contributed by atoms with Crippen LogP contribution in [-0.4, -0.2) is 17.8 Å². The second-order valence-corrected chi connectivity index (χ2v) is 5.84. The molecule has 26 heavy (non-hydrogen) atoms. The molecule has 0 aromatic heterocycles. The van der Waals surface area contributed by atoms with E-state index in [9.17, 15) is 14.9 Å². The van der Waals surface area contributed by atoms with Gasteiger partial charge in [0, 0.05) is 30.7 Å². The minimum absolute atomic E-state index is 0.0231. The number of ether oxygens (including phenoxy) is 1. The Hall–Kier alpha value is -3.15. The molecule has 2 aromatic carbocycles. The van der Waals surface area contributed by atoms with E-state index in [0.717, 1.165) is 17.0 Å². The first-order chi connectivity index (χ1) is 12.5. The average Bonchev–Trinajstić information content (AvgIpc) is 2.66. The highest BCUT2D eigenvalue weighted by Gasteiger charge is 2.17. The van der Waals surface area contributed by atoms with E-state index in [1.54, 1.807) is 25.3 Å². The second-order valence-electron chi connectivity index (χ2n) is 5.84. The standard InChI is InChI=1S/C20H22N2O4/c1-3-4-5-18(23)14-20(15-6-10-17(11-7-15)22(24)25)21-16-8-12-19(26-2)13-9-16/h3,6-13,20-21H,1,4-5,14H2,2H3/t20-/m0/s1. The number of nitro benzene ring substituents is 1. The lowest BCUT2D eigenvalue weighted by atomic mass is 9.98. The highest BCUT2D eigenvalue weighted by atomic mass is 16.6. The van der Waals surface area contributed by atoms with Gasteiger partial charge in [0.2, 0.25) is 0 Å². The minimum atomic E-state index is -0.440. The predicted molar refractivity (Wildman–Crippen MR) is 102 cm³/mol. The largest absolute Gasteiger partial charge is 0.497 e. The normalized spacial score (nSPS) is 11.4. The molecule has 2 rings (SSSR count). The Balaban J connectivity index is 2.20. The molecule has 2 aromatic rings. The third kappa shape index (κ3) is 5.44. The number of anilines is 1. The van der Waals surface area contributed by atoms with Gasteiger partial charge < -0.3 is 10.1 Å². The fraction of sp³-hybridized carbons (Fsp3) is 0.250. The van der Waals surface area contributed by atoms with E-state index in [1.165, 1.54) is 12.1 Å². The molecule has 0 heterocycles. The summed E-state index contributed by atoms with van der Waals surface area (Å²) in [5.74, 6) is 0.846. The van der Waals surface area contributed by atoms with Crippen LogP contribution in [0.5, 0.6) is 5.75 Å². The minimum Gasteiger partial charge on any atom is -0.497 e. The zero-order chi connectivity index (χ0) is 18.9. The maximum atomic E-state index is 12.2. The number of methoxy groups -OCH3 is 1. The highest BCUT2D eigenvalue weighted by molar-refractivity contribution is 5.79. The van der Waals surface area contributed by atoms with Crippen molar-refractivity contribution in [1.29, 1.82) is 0 Å². The lowest BCUT2D eigenvalue weighted by Gasteiger charge is -2.20. The molecule has 1 atom stereocenters. The van der Waals surface area contributed by atoms with E-state index >= 15 is 0 Å². The van der Waals surface area contributed by atoms with Crippen LogP contribution in [0.25, 0.3) is 0 Å². The summed E-state index contributed by atoms with van der Waals surface area (Å²) in [5.41, 5.74) is 1.68. The molecule has 0 saturated carbocycles.